The van der Waals surface area contributed by atoms with Crippen molar-refractivity contribution in [3.8, 4) is 0 Å². The molecule has 1 N–H and O–H groups in total. The number of rotatable bonds is 6. The van der Waals surface area contributed by atoms with Crippen molar-refractivity contribution in [2.24, 2.45) is 5.92 Å². The van der Waals surface area contributed by atoms with Crippen LogP contribution in [0.2, 0.25) is 0 Å². The number of nitrogens with one attached hydrogen (secondary N) is 1. The monoisotopic (exact) mass is 415 g/mol. The zero-order chi connectivity index (χ0) is 15.2. The van der Waals surface area contributed by atoms with Crippen molar-refractivity contribution < 1.29 is 0 Å². The maximum atomic E-state index is 3.78. The summed E-state index contributed by atoms with van der Waals surface area (Å²) in [5.74, 6) is 0.889. The van der Waals surface area contributed by atoms with Crippen LogP contribution < -0.4 is 5.32 Å². The average Bonchev–Trinajstić information content (AvgIpc) is 2.48. The number of benzene rings is 1. The van der Waals surface area contributed by atoms with Gasteiger partial charge in [-0.1, -0.05) is 70.9 Å². The van der Waals surface area contributed by atoms with Gasteiger partial charge < -0.3 is 5.32 Å². The molecule has 2 rings (SSSR count). The van der Waals surface area contributed by atoms with E-state index >= 15 is 0 Å². The molecule has 21 heavy (non-hydrogen) atoms. The van der Waals surface area contributed by atoms with Gasteiger partial charge >= 0.3 is 0 Å². The van der Waals surface area contributed by atoms with Crippen molar-refractivity contribution >= 4 is 31.9 Å². The van der Waals surface area contributed by atoms with Crippen LogP contribution in [0.15, 0.2) is 21.1 Å². The molecule has 0 aromatic heterocycles. The van der Waals surface area contributed by atoms with Gasteiger partial charge in [-0.15, -0.1) is 0 Å². The minimum Gasteiger partial charge on any atom is -0.310 e. The second-order valence-corrected chi connectivity index (χ2v) is 8.08. The van der Waals surface area contributed by atoms with Crippen molar-refractivity contribution in [1.82, 2.24) is 5.32 Å². The van der Waals surface area contributed by atoms with E-state index in [4.69, 9.17) is 0 Å². The lowest BCUT2D eigenvalue weighted by Gasteiger charge is -2.28. The molecule has 1 aromatic rings. The van der Waals surface area contributed by atoms with E-state index in [1.54, 1.807) is 0 Å². The summed E-state index contributed by atoms with van der Waals surface area (Å²) in [5.41, 5.74) is 2.70. The van der Waals surface area contributed by atoms with E-state index in [-0.39, 0.29) is 0 Å². The van der Waals surface area contributed by atoms with Crippen LogP contribution in [-0.2, 0) is 0 Å². The first-order chi connectivity index (χ1) is 10.1. The third kappa shape index (κ3) is 5.07. The van der Waals surface area contributed by atoms with Crippen LogP contribution in [0.5, 0.6) is 0 Å². The molecule has 0 radical (unpaired) electrons. The third-order valence-electron chi connectivity index (χ3n) is 4.59. The molecule has 1 nitrogen and oxygen atoms in total. The van der Waals surface area contributed by atoms with Gasteiger partial charge in [-0.05, 0) is 55.5 Å². The summed E-state index contributed by atoms with van der Waals surface area (Å²) in [4.78, 5) is 0. The highest BCUT2D eigenvalue weighted by Crippen LogP contribution is 2.36. The van der Waals surface area contributed by atoms with Gasteiger partial charge in [0, 0.05) is 15.0 Å². The maximum Gasteiger partial charge on any atom is 0.0334 e. The Kier molecular flexibility index (Phi) is 7.24. The Morgan fingerprint density at radius 3 is 2.52 bits per heavy atom. The van der Waals surface area contributed by atoms with E-state index in [1.807, 2.05) is 0 Å². The average molecular weight is 417 g/mol. The van der Waals surface area contributed by atoms with Gasteiger partial charge in [0.1, 0.15) is 0 Å². The van der Waals surface area contributed by atoms with E-state index in [1.165, 1.54) is 65.0 Å². The van der Waals surface area contributed by atoms with Crippen molar-refractivity contribution in [2.75, 3.05) is 6.54 Å². The van der Waals surface area contributed by atoms with Gasteiger partial charge in [0.25, 0.3) is 0 Å². The largest absolute Gasteiger partial charge is 0.310 e. The molecule has 1 fully saturated rings. The van der Waals surface area contributed by atoms with E-state index in [0.29, 0.717) is 6.04 Å². The second kappa shape index (κ2) is 8.69. The summed E-state index contributed by atoms with van der Waals surface area (Å²) in [5, 5.41) is 3.77. The van der Waals surface area contributed by atoms with E-state index in [2.05, 4.69) is 63.2 Å². The highest BCUT2D eigenvalue weighted by atomic mass is 79.9. The first kappa shape index (κ1) is 17.5. The first-order valence-corrected chi connectivity index (χ1v) is 9.89. The van der Waals surface area contributed by atoms with E-state index in [9.17, 15) is 0 Å². The summed E-state index contributed by atoms with van der Waals surface area (Å²) < 4.78 is 2.46. The van der Waals surface area contributed by atoms with Crippen LogP contribution in [0.4, 0.5) is 0 Å². The second-order valence-electron chi connectivity index (χ2n) is 6.37. The van der Waals surface area contributed by atoms with Crippen LogP contribution in [-0.4, -0.2) is 6.54 Å². The zero-order valence-electron chi connectivity index (χ0n) is 13.2. The van der Waals surface area contributed by atoms with Crippen molar-refractivity contribution in [2.45, 2.75) is 64.8 Å². The van der Waals surface area contributed by atoms with Gasteiger partial charge in [0.15, 0.2) is 0 Å². The molecule has 1 aliphatic carbocycles. The molecule has 1 atom stereocenters. The fourth-order valence-electron chi connectivity index (χ4n) is 3.32. The Hall–Kier alpha value is 0.140. The van der Waals surface area contributed by atoms with Gasteiger partial charge in [-0.25, -0.2) is 0 Å². The van der Waals surface area contributed by atoms with Crippen LogP contribution in [0.3, 0.4) is 0 Å². The summed E-state index contributed by atoms with van der Waals surface area (Å²) in [6, 6.07) is 5.01. The normalized spacial score (nSPS) is 17.9. The summed E-state index contributed by atoms with van der Waals surface area (Å²) in [7, 11) is 0. The molecule has 1 aromatic carbocycles. The molecule has 0 saturated heterocycles. The van der Waals surface area contributed by atoms with E-state index < -0.39 is 0 Å². The standard InChI is InChI=1S/C18H27Br2N/c1-3-9-21-18(11-14-7-5-4-6-8-14)15-12-16(19)13(2)10-17(15)20/h10,12,14,18,21H,3-9,11H2,1-2H3. The lowest BCUT2D eigenvalue weighted by Crippen LogP contribution is -2.25. The predicted octanol–water partition coefficient (Wildman–Crippen LogP) is 6.53. The molecular formula is C18H27Br2N. The van der Waals surface area contributed by atoms with Gasteiger partial charge in [-0.2, -0.15) is 0 Å². The fraction of sp³-hybridized carbons (Fsp3) is 0.667. The maximum absolute atomic E-state index is 3.78. The smallest absolute Gasteiger partial charge is 0.0334 e. The predicted molar refractivity (Wildman–Crippen MR) is 98.8 cm³/mol. The third-order valence-corrected chi connectivity index (χ3v) is 6.13. The van der Waals surface area contributed by atoms with Crippen LogP contribution >= 0.6 is 31.9 Å². The molecule has 3 heteroatoms. The van der Waals surface area contributed by atoms with Gasteiger partial charge in [0.2, 0.25) is 0 Å². The minimum absolute atomic E-state index is 0.472. The zero-order valence-corrected chi connectivity index (χ0v) is 16.4. The van der Waals surface area contributed by atoms with Crippen LogP contribution in [0, 0.1) is 12.8 Å². The summed E-state index contributed by atoms with van der Waals surface area (Å²) >= 11 is 7.47. The van der Waals surface area contributed by atoms with Crippen LogP contribution in [0.25, 0.3) is 0 Å². The first-order valence-electron chi connectivity index (χ1n) is 8.30. The fourth-order valence-corrected chi connectivity index (χ4v) is 4.42. The van der Waals surface area contributed by atoms with Crippen LogP contribution in [0.1, 0.15) is 69.0 Å². The summed E-state index contributed by atoms with van der Waals surface area (Å²) in [6.07, 6.45) is 9.56. The molecule has 0 aliphatic heterocycles. The molecule has 1 unspecified atom stereocenters. The molecule has 0 spiro atoms. The van der Waals surface area contributed by atoms with Gasteiger partial charge in [-0.3, -0.25) is 0 Å². The molecule has 0 amide bonds. The molecule has 118 valence electrons. The Bertz CT molecular complexity index is 453. The Balaban J connectivity index is 2.16. The quantitative estimate of drug-likeness (QED) is 0.555. The lowest BCUT2D eigenvalue weighted by molar-refractivity contribution is 0.299. The summed E-state index contributed by atoms with van der Waals surface area (Å²) in [6.45, 7) is 5.48. The number of halogens is 2. The van der Waals surface area contributed by atoms with Crippen molar-refractivity contribution in [1.29, 1.82) is 0 Å². The molecule has 0 bridgehead atoms. The Labute approximate surface area is 146 Å². The van der Waals surface area contributed by atoms with Crippen molar-refractivity contribution in [3.63, 3.8) is 0 Å². The Morgan fingerprint density at radius 2 is 1.86 bits per heavy atom. The molecule has 0 heterocycles. The van der Waals surface area contributed by atoms with E-state index in [0.717, 1.165) is 12.5 Å². The molecule has 1 saturated carbocycles. The molecule has 1 aliphatic rings. The highest BCUT2D eigenvalue weighted by molar-refractivity contribution is 9.11. The van der Waals surface area contributed by atoms with Gasteiger partial charge in [0.05, 0.1) is 0 Å². The number of hydrogen-bond donors (Lipinski definition) is 1. The Morgan fingerprint density at radius 1 is 1.14 bits per heavy atom. The lowest BCUT2D eigenvalue weighted by atomic mass is 9.83. The minimum atomic E-state index is 0.472. The number of aryl methyl sites for hydroxylation is 1. The van der Waals surface area contributed by atoms with Crippen molar-refractivity contribution in [3.05, 3.63) is 32.2 Å². The topological polar surface area (TPSA) is 12.0 Å². The molecular weight excluding hydrogens is 390 g/mol. The highest BCUT2D eigenvalue weighted by Gasteiger charge is 2.22. The number of hydrogen-bond acceptors (Lipinski definition) is 1. The SMILES string of the molecule is CCCNC(CC1CCCCC1)c1cc(Br)c(C)cc1Br.